The van der Waals surface area contributed by atoms with E-state index in [1.54, 1.807) is 19.1 Å². The van der Waals surface area contributed by atoms with Gasteiger partial charge in [0, 0.05) is 18.3 Å². The van der Waals surface area contributed by atoms with Crippen molar-refractivity contribution in [2.45, 2.75) is 45.2 Å². The molecule has 1 fully saturated rings. The maximum Gasteiger partial charge on any atom is 0.319 e. The lowest BCUT2D eigenvalue weighted by molar-refractivity contribution is -0.136. The summed E-state index contributed by atoms with van der Waals surface area (Å²) in [5.41, 5.74) is 0.709. The Morgan fingerprint density at radius 2 is 1.95 bits per heavy atom. The molecule has 2 N–H and O–H groups in total. The molecule has 2 rings (SSSR count). The van der Waals surface area contributed by atoms with Crippen LogP contribution in [-0.4, -0.2) is 35.5 Å². The third-order valence-corrected chi connectivity index (χ3v) is 3.84. The third-order valence-electron chi connectivity index (χ3n) is 3.84. The maximum absolute atomic E-state index is 12.4. The van der Waals surface area contributed by atoms with E-state index in [-0.39, 0.29) is 18.0 Å². The molecule has 0 unspecified atom stereocenters. The van der Waals surface area contributed by atoms with E-state index in [1.807, 2.05) is 23.1 Å². The standard InChI is InChI=1S/C16H23N3O2/c1-12-8-6-7-11-19(12)15(20)13(2)17-16(21)18-14-9-4-3-5-10-14/h3-5,9-10,12-13H,6-8,11H2,1-2H3,(H2,17,18,21)/t12-,13-/m0/s1. The van der Waals surface area contributed by atoms with Crippen LogP contribution in [0, 0.1) is 0 Å². The van der Waals surface area contributed by atoms with E-state index in [2.05, 4.69) is 17.6 Å². The molecule has 1 aromatic carbocycles. The normalized spacial score (nSPS) is 19.7. The molecule has 0 bridgehead atoms. The molecule has 1 aromatic rings. The van der Waals surface area contributed by atoms with Gasteiger partial charge in [0.25, 0.3) is 0 Å². The minimum Gasteiger partial charge on any atom is -0.338 e. The predicted octanol–water partition coefficient (Wildman–Crippen LogP) is 2.60. The van der Waals surface area contributed by atoms with Crippen LogP contribution >= 0.6 is 0 Å². The highest BCUT2D eigenvalue weighted by atomic mass is 16.2. The van der Waals surface area contributed by atoms with Crippen molar-refractivity contribution in [3.8, 4) is 0 Å². The molecule has 0 radical (unpaired) electrons. The van der Waals surface area contributed by atoms with E-state index >= 15 is 0 Å². The van der Waals surface area contributed by atoms with E-state index in [1.165, 1.54) is 6.42 Å². The fourth-order valence-electron chi connectivity index (χ4n) is 2.62. The van der Waals surface area contributed by atoms with E-state index in [9.17, 15) is 9.59 Å². The highest BCUT2D eigenvalue weighted by molar-refractivity contribution is 5.93. The molecule has 3 amide bonds. The van der Waals surface area contributed by atoms with Crippen molar-refractivity contribution in [1.29, 1.82) is 0 Å². The number of likely N-dealkylation sites (tertiary alicyclic amines) is 1. The number of hydrogen-bond acceptors (Lipinski definition) is 2. The Labute approximate surface area is 125 Å². The highest BCUT2D eigenvalue weighted by Gasteiger charge is 2.27. The fraction of sp³-hybridized carbons (Fsp3) is 0.500. The molecule has 5 nitrogen and oxygen atoms in total. The summed E-state index contributed by atoms with van der Waals surface area (Å²) in [6.07, 6.45) is 3.24. The number of anilines is 1. The maximum atomic E-state index is 12.4. The predicted molar refractivity (Wildman–Crippen MR) is 83.1 cm³/mol. The molecule has 21 heavy (non-hydrogen) atoms. The molecule has 0 spiro atoms. The quantitative estimate of drug-likeness (QED) is 0.898. The molecule has 114 valence electrons. The van der Waals surface area contributed by atoms with Gasteiger partial charge < -0.3 is 15.5 Å². The molecule has 1 saturated heterocycles. The molecule has 0 aliphatic carbocycles. The second-order valence-electron chi connectivity index (χ2n) is 5.56. The fourth-order valence-corrected chi connectivity index (χ4v) is 2.62. The van der Waals surface area contributed by atoms with Gasteiger partial charge in [-0.15, -0.1) is 0 Å². The first-order chi connectivity index (χ1) is 10.1. The second-order valence-corrected chi connectivity index (χ2v) is 5.56. The summed E-state index contributed by atoms with van der Waals surface area (Å²) in [6.45, 7) is 4.58. The Bertz CT molecular complexity index is 490. The number of piperidine rings is 1. The number of nitrogens with one attached hydrogen (secondary N) is 2. The lowest BCUT2D eigenvalue weighted by Crippen LogP contribution is -2.52. The smallest absolute Gasteiger partial charge is 0.319 e. The third kappa shape index (κ3) is 4.21. The van der Waals surface area contributed by atoms with Crippen LogP contribution in [0.25, 0.3) is 0 Å². The van der Waals surface area contributed by atoms with Crippen molar-refractivity contribution in [3.05, 3.63) is 30.3 Å². The molecular formula is C16H23N3O2. The Kier molecular flexibility index (Phi) is 5.20. The summed E-state index contributed by atoms with van der Waals surface area (Å²) in [5, 5.41) is 5.43. The van der Waals surface area contributed by atoms with Gasteiger partial charge in [-0.05, 0) is 45.2 Å². The van der Waals surface area contributed by atoms with Gasteiger partial charge in [0.2, 0.25) is 5.91 Å². The first-order valence-corrected chi connectivity index (χ1v) is 7.51. The van der Waals surface area contributed by atoms with Crippen molar-refractivity contribution < 1.29 is 9.59 Å². The average molecular weight is 289 g/mol. The van der Waals surface area contributed by atoms with Crippen molar-refractivity contribution in [3.63, 3.8) is 0 Å². The van der Waals surface area contributed by atoms with Gasteiger partial charge in [0.05, 0.1) is 0 Å². The average Bonchev–Trinajstić information content (AvgIpc) is 2.48. The largest absolute Gasteiger partial charge is 0.338 e. The minimum absolute atomic E-state index is 0.00888. The molecule has 1 aliphatic rings. The number of urea groups is 1. The number of rotatable bonds is 3. The lowest BCUT2D eigenvalue weighted by atomic mass is 10.0. The summed E-state index contributed by atoms with van der Waals surface area (Å²) in [7, 11) is 0. The van der Waals surface area contributed by atoms with Gasteiger partial charge in [-0.25, -0.2) is 4.79 Å². The Hall–Kier alpha value is -2.04. The number of nitrogens with zero attached hydrogens (tertiary/aromatic N) is 1. The highest BCUT2D eigenvalue weighted by Crippen LogP contribution is 2.17. The zero-order valence-corrected chi connectivity index (χ0v) is 12.6. The summed E-state index contributed by atoms with van der Waals surface area (Å²) >= 11 is 0. The molecular weight excluding hydrogens is 266 g/mol. The van der Waals surface area contributed by atoms with Crippen LogP contribution in [0.3, 0.4) is 0 Å². The number of carbonyl (C=O) groups excluding carboxylic acids is 2. The number of para-hydroxylation sites is 1. The van der Waals surface area contributed by atoms with Crippen LogP contribution in [0.15, 0.2) is 30.3 Å². The van der Waals surface area contributed by atoms with Crippen molar-refractivity contribution in [1.82, 2.24) is 10.2 Å². The van der Waals surface area contributed by atoms with E-state index in [0.29, 0.717) is 5.69 Å². The van der Waals surface area contributed by atoms with Gasteiger partial charge in [0.1, 0.15) is 6.04 Å². The van der Waals surface area contributed by atoms with Crippen LogP contribution in [0.4, 0.5) is 10.5 Å². The van der Waals surface area contributed by atoms with Crippen molar-refractivity contribution in [2.24, 2.45) is 0 Å². The summed E-state index contributed by atoms with van der Waals surface area (Å²) in [6, 6.07) is 8.57. The molecule has 1 aliphatic heterocycles. The first kappa shape index (κ1) is 15.4. The van der Waals surface area contributed by atoms with Gasteiger partial charge in [-0.3, -0.25) is 4.79 Å². The van der Waals surface area contributed by atoms with E-state index < -0.39 is 6.04 Å². The Morgan fingerprint density at radius 3 is 2.62 bits per heavy atom. The zero-order valence-electron chi connectivity index (χ0n) is 12.6. The number of amides is 3. The Balaban J connectivity index is 1.86. The topological polar surface area (TPSA) is 61.4 Å². The summed E-state index contributed by atoms with van der Waals surface area (Å²) < 4.78 is 0. The molecule has 5 heteroatoms. The first-order valence-electron chi connectivity index (χ1n) is 7.51. The summed E-state index contributed by atoms with van der Waals surface area (Å²) in [4.78, 5) is 26.2. The van der Waals surface area contributed by atoms with Crippen LogP contribution in [-0.2, 0) is 4.79 Å². The van der Waals surface area contributed by atoms with Crippen LogP contribution < -0.4 is 10.6 Å². The van der Waals surface area contributed by atoms with E-state index in [4.69, 9.17) is 0 Å². The lowest BCUT2D eigenvalue weighted by Gasteiger charge is -2.35. The zero-order chi connectivity index (χ0) is 15.2. The van der Waals surface area contributed by atoms with Crippen LogP contribution in [0.2, 0.25) is 0 Å². The second kappa shape index (κ2) is 7.11. The molecule has 1 heterocycles. The number of carbonyl (C=O) groups is 2. The van der Waals surface area contributed by atoms with Gasteiger partial charge in [-0.1, -0.05) is 18.2 Å². The van der Waals surface area contributed by atoms with Crippen molar-refractivity contribution >= 4 is 17.6 Å². The summed E-state index contributed by atoms with van der Waals surface area (Å²) in [5.74, 6) is -0.00888. The number of benzene rings is 1. The Morgan fingerprint density at radius 1 is 1.24 bits per heavy atom. The van der Waals surface area contributed by atoms with Gasteiger partial charge >= 0.3 is 6.03 Å². The molecule has 2 atom stereocenters. The number of hydrogen-bond donors (Lipinski definition) is 2. The van der Waals surface area contributed by atoms with Gasteiger partial charge in [0.15, 0.2) is 0 Å². The minimum atomic E-state index is -0.519. The van der Waals surface area contributed by atoms with Crippen molar-refractivity contribution in [2.75, 3.05) is 11.9 Å². The van der Waals surface area contributed by atoms with E-state index in [0.717, 1.165) is 19.4 Å². The van der Waals surface area contributed by atoms with Crippen LogP contribution in [0.5, 0.6) is 0 Å². The molecule has 0 aromatic heterocycles. The molecule has 0 saturated carbocycles. The monoisotopic (exact) mass is 289 g/mol. The van der Waals surface area contributed by atoms with Crippen LogP contribution in [0.1, 0.15) is 33.1 Å². The van der Waals surface area contributed by atoms with Gasteiger partial charge in [-0.2, -0.15) is 0 Å². The SMILES string of the molecule is C[C@H](NC(=O)Nc1ccccc1)C(=O)N1CCCC[C@@H]1C.